The molecule has 0 bridgehead atoms. The zero-order valence-corrected chi connectivity index (χ0v) is 16.2. The number of aromatic nitrogens is 1. The zero-order chi connectivity index (χ0) is 18.2. The predicted molar refractivity (Wildman–Crippen MR) is 106 cm³/mol. The maximum Gasteiger partial charge on any atom is 0.218 e. The van der Waals surface area contributed by atoms with Crippen LogP contribution in [-0.4, -0.2) is 54.7 Å². The molecule has 2 N–H and O–H groups in total. The Morgan fingerprint density at radius 2 is 2.19 bits per heavy atom. The van der Waals surface area contributed by atoms with Crippen molar-refractivity contribution in [1.29, 1.82) is 0 Å². The normalized spacial score (nSPS) is 21.9. The van der Waals surface area contributed by atoms with Gasteiger partial charge in [0.25, 0.3) is 0 Å². The summed E-state index contributed by atoms with van der Waals surface area (Å²) in [6.45, 7) is 5.78. The largest absolute Gasteiger partial charge is 0.477 e. The van der Waals surface area contributed by atoms with Gasteiger partial charge in [0.1, 0.15) is 0 Å². The molecule has 26 heavy (non-hydrogen) atoms. The summed E-state index contributed by atoms with van der Waals surface area (Å²) >= 11 is 0. The van der Waals surface area contributed by atoms with E-state index < -0.39 is 0 Å². The standard InChI is InChI=1S/C20H33N5O/c1-3-13-26-19-16(7-6-11-22-19)14-23-20(21-2)24-17-10-12-25(15-17)18-8-4-5-9-18/h6-7,11,17-18H,3-5,8-10,12-15H2,1-2H3,(H2,21,23,24). The molecule has 2 fully saturated rings. The number of nitrogens with one attached hydrogen (secondary N) is 2. The number of ether oxygens (including phenoxy) is 1. The number of rotatable bonds is 7. The Morgan fingerprint density at radius 3 is 2.96 bits per heavy atom. The van der Waals surface area contributed by atoms with Crippen LogP contribution in [-0.2, 0) is 6.54 Å². The van der Waals surface area contributed by atoms with Crippen LogP contribution in [0.4, 0.5) is 0 Å². The van der Waals surface area contributed by atoms with Crippen LogP contribution in [0.25, 0.3) is 0 Å². The number of hydrogen-bond acceptors (Lipinski definition) is 4. The minimum Gasteiger partial charge on any atom is -0.477 e. The highest BCUT2D eigenvalue weighted by Crippen LogP contribution is 2.26. The zero-order valence-electron chi connectivity index (χ0n) is 16.2. The van der Waals surface area contributed by atoms with Crippen molar-refractivity contribution in [2.75, 3.05) is 26.7 Å². The molecule has 0 radical (unpaired) electrons. The highest BCUT2D eigenvalue weighted by atomic mass is 16.5. The Labute approximate surface area is 157 Å². The fraction of sp³-hybridized carbons (Fsp3) is 0.700. The van der Waals surface area contributed by atoms with Crippen molar-refractivity contribution in [1.82, 2.24) is 20.5 Å². The highest BCUT2D eigenvalue weighted by molar-refractivity contribution is 5.80. The molecule has 6 nitrogen and oxygen atoms in total. The fourth-order valence-corrected chi connectivity index (χ4v) is 3.96. The third-order valence-corrected chi connectivity index (χ3v) is 5.36. The summed E-state index contributed by atoms with van der Waals surface area (Å²) < 4.78 is 5.74. The van der Waals surface area contributed by atoms with Gasteiger partial charge < -0.3 is 15.4 Å². The van der Waals surface area contributed by atoms with Gasteiger partial charge in [-0.1, -0.05) is 25.8 Å². The van der Waals surface area contributed by atoms with E-state index in [-0.39, 0.29) is 0 Å². The number of aliphatic imine (C=N–C) groups is 1. The molecule has 1 unspecified atom stereocenters. The van der Waals surface area contributed by atoms with Crippen LogP contribution in [0, 0.1) is 0 Å². The van der Waals surface area contributed by atoms with Crippen molar-refractivity contribution >= 4 is 5.96 Å². The minimum absolute atomic E-state index is 0.478. The van der Waals surface area contributed by atoms with Gasteiger partial charge in [-0.2, -0.15) is 0 Å². The van der Waals surface area contributed by atoms with Gasteiger partial charge in [-0.3, -0.25) is 9.89 Å². The van der Waals surface area contributed by atoms with E-state index in [4.69, 9.17) is 4.74 Å². The lowest BCUT2D eigenvalue weighted by atomic mass is 10.2. The lowest BCUT2D eigenvalue weighted by molar-refractivity contribution is 0.242. The Kier molecular flexibility index (Phi) is 7.12. The van der Waals surface area contributed by atoms with Gasteiger partial charge in [0.05, 0.1) is 6.61 Å². The Balaban J connectivity index is 1.48. The van der Waals surface area contributed by atoms with Crippen LogP contribution in [0.2, 0.25) is 0 Å². The molecule has 1 aromatic rings. The molecule has 1 aliphatic carbocycles. The van der Waals surface area contributed by atoms with Crippen LogP contribution in [0.5, 0.6) is 5.88 Å². The van der Waals surface area contributed by atoms with Crippen LogP contribution in [0.3, 0.4) is 0 Å². The molecule has 0 amide bonds. The molecular weight excluding hydrogens is 326 g/mol. The smallest absolute Gasteiger partial charge is 0.218 e. The second-order valence-electron chi connectivity index (χ2n) is 7.31. The summed E-state index contributed by atoms with van der Waals surface area (Å²) in [4.78, 5) is 11.4. The van der Waals surface area contributed by atoms with Crippen molar-refractivity contribution < 1.29 is 4.74 Å². The molecule has 1 saturated carbocycles. The topological polar surface area (TPSA) is 61.8 Å². The molecule has 2 heterocycles. The summed E-state index contributed by atoms with van der Waals surface area (Å²) in [5.41, 5.74) is 1.06. The van der Waals surface area contributed by atoms with Gasteiger partial charge in [-0.15, -0.1) is 0 Å². The molecule has 0 spiro atoms. The maximum atomic E-state index is 5.74. The van der Waals surface area contributed by atoms with Crippen LogP contribution >= 0.6 is 0 Å². The summed E-state index contributed by atoms with van der Waals surface area (Å²) in [5, 5.41) is 7.00. The molecule has 144 valence electrons. The van der Waals surface area contributed by atoms with Gasteiger partial charge in [0, 0.05) is 50.5 Å². The molecule has 1 aromatic heterocycles. The van der Waals surface area contributed by atoms with E-state index in [1.807, 2.05) is 13.1 Å². The molecule has 3 rings (SSSR count). The first-order chi connectivity index (χ1) is 12.8. The number of nitrogens with zero attached hydrogens (tertiary/aromatic N) is 3. The molecule has 2 aliphatic rings. The van der Waals surface area contributed by atoms with Crippen molar-refractivity contribution in [3.8, 4) is 5.88 Å². The van der Waals surface area contributed by atoms with Crippen LogP contribution in [0.1, 0.15) is 51.0 Å². The van der Waals surface area contributed by atoms with Gasteiger partial charge in [0.15, 0.2) is 5.96 Å². The Bertz CT molecular complexity index is 585. The number of guanidine groups is 1. The summed E-state index contributed by atoms with van der Waals surface area (Å²) in [5.74, 6) is 1.57. The van der Waals surface area contributed by atoms with E-state index >= 15 is 0 Å². The minimum atomic E-state index is 0.478. The van der Waals surface area contributed by atoms with E-state index in [1.54, 1.807) is 6.20 Å². The van der Waals surface area contributed by atoms with Gasteiger partial charge in [-0.05, 0) is 31.7 Å². The quantitative estimate of drug-likeness (QED) is 0.579. The SMILES string of the molecule is CCCOc1ncccc1CNC(=NC)NC1CCN(C2CCCC2)C1. The van der Waals surface area contributed by atoms with Gasteiger partial charge in [0.2, 0.25) is 5.88 Å². The van der Waals surface area contributed by atoms with Crippen molar-refractivity contribution in [3.05, 3.63) is 23.9 Å². The monoisotopic (exact) mass is 359 g/mol. The average Bonchev–Trinajstić information content (AvgIpc) is 3.35. The first-order valence-electron chi connectivity index (χ1n) is 10.1. The number of likely N-dealkylation sites (tertiary alicyclic amines) is 1. The second kappa shape index (κ2) is 9.76. The molecule has 1 aliphatic heterocycles. The Hall–Kier alpha value is -1.82. The van der Waals surface area contributed by atoms with E-state index in [2.05, 4.69) is 38.5 Å². The predicted octanol–water partition coefficient (Wildman–Crippen LogP) is 2.55. The van der Waals surface area contributed by atoms with Crippen molar-refractivity contribution in [2.45, 2.75) is 64.1 Å². The summed E-state index contributed by atoms with van der Waals surface area (Å²) in [6.07, 6.45) is 9.49. The third kappa shape index (κ3) is 5.10. The fourth-order valence-electron chi connectivity index (χ4n) is 3.96. The maximum absolute atomic E-state index is 5.74. The van der Waals surface area contributed by atoms with Crippen LogP contribution < -0.4 is 15.4 Å². The summed E-state index contributed by atoms with van der Waals surface area (Å²) in [7, 11) is 1.83. The average molecular weight is 360 g/mol. The lowest BCUT2D eigenvalue weighted by Gasteiger charge is -2.24. The van der Waals surface area contributed by atoms with E-state index in [0.29, 0.717) is 25.1 Å². The number of hydrogen-bond donors (Lipinski definition) is 2. The van der Waals surface area contributed by atoms with E-state index in [9.17, 15) is 0 Å². The van der Waals surface area contributed by atoms with Gasteiger partial charge in [-0.25, -0.2) is 4.98 Å². The first-order valence-corrected chi connectivity index (χ1v) is 10.1. The van der Waals surface area contributed by atoms with Gasteiger partial charge >= 0.3 is 0 Å². The molecule has 6 heteroatoms. The third-order valence-electron chi connectivity index (χ3n) is 5.36. The number of pyridine rings is 1. The van der Waals surface area contributed by atoms with E-state index in [1.165, 1.54) is 38.6 Å². The molecule has 1 atom stereocenters. The second-order valence-corrected chi connectivity index (χ2v) is 7.31. The molecule has 1 saturated heterocycles. The molecule has 0 aromatic carbocycles. The van der Waals surface area contributed by atoms with Crippen molar-refractivity contribution in [2.24, 2.45) is 4.99 Å². The highest BCUT2D eigenvalue weighted by Gasteiger charge is 2.30. The van der Waals surface area contributed by atoms with E-state index in [0.717, 1.165) is 30.5 Å². The molecular formula is C20H33N5O. The van der Waals surface area contributed by atoms with Crippen LogP contribution in [0.15, 0.2) is 23.3 Å². The van der Waals surface area contributed by atoms with Crippen molar-refractivity contribution in [3.63, 3.8) is 0 Å². The lowest BCUT2D eigenvalue weighted by Crippen LogP contribution is -2.45. The Morgan fingerprint density at radius 1 is 1.35 bits per heavy atom. The first kappa shape index (κ1) is 19.0. The summed E-state index contributed by atoms with van der Waals surface area (Å²) in [6, 6.07) is 5.29.